The van der Waals surface area contributed by atoms with Gasteiger partial charge in [-0.1, -0.05) is 28.1 Å². The first kappa shape index (κ1) is 12.4. The first-order valence-electron chi connectivity index (χ1n) is 5.84. The molecular formula is C13H16BrNO2. The molecule has 1 aromatic rings. The molecule has 0 saturated heterocycles. The number of aromatic hydroxyl groups is 1. The highest BCUT2D eigenvalue weighted by atomic mass is 79.9. The number of phenolic OH excluding ortho intramolecular Hbond substituents is 1. The molecule has 1 aliphatic carbocycles. The van der Waals surface area contributed by atoms with E-state index in [1.807, 2.05) is 6.07 Å². The summed E-state index contributed by atoms with van der Waals surface area (Å²) in [7, 11) is 0. The van der Waals surface area contributed by atoms with Crippen molar-refractivity contribution in [2.45, 2.75) is 24.1 Å². The third-order valence-corrected chi connectivity index (χ3v) is 3.97. The average Bonchev–Trinajstić information content (AvgIpc) is 3.09. The molecule has 0 bridgehead atoms. The number of hydrogen-bond acceptors (Lipinski definition) is 2. The predicted octanol–water partition coefficient (Wildman–Crippen LogP) is 2.22. The van der Waals surface area contributed by atoms with Crippen molar-refractivity contribution < 1.29 is 9.90 Å². The number of hydrogen-bond donors (Lipinski definition) is 2. The van der Waals surface area contributed by atoms with Gasteiger partial charge in [0, 0.05) is 11.4 Å². The monoisotopic (exact) mass is 297 g/mol. The van der Waals surface area contributed by atoms with Crippen molar-refractivity contribution in [2.24, 2.45) is 5.92 Å². The van der Waals surface area contributed by atoms with E-state index in [0.29, 0.717) is 17.8 Å². The normalized spacial score (nSPS) is 16.5. The maximum atomic E-state index is 11.7. The number of amides is 1. The van der Waals surface area contributed by atoms with Crippen molar-refractivity contribution in [2.75, 3.05) is 6.54 Å². The zero-order valence-electron chi connectivity index (χ0n) is 9.53. The van der Waals surface area contributed by atoms with E-state index < -0.39 is 0 Å². The molecule has 92 valence electrons. The van der Waals surface area contributed by atoms with Gasteiger partial charge in [-0.25, -0.2) is 0 Å². The molecule has 3 nitrogen and oxygen atoms in total. The van der Waals surface area contributed by atoms with Crippen molar-refractivity contribution >= 4 is 21.8 Å². The molecule has 1 amide bonds. The molecule has 0 aromatic heterocycles. The Bertz CT molecular complexity index is 404. The molecule has 2 rings (SSSR count). The largest absolute Gasteiger partial charge is 0.508 e. The van der Waals surface area contributed by atoms with Crippen LogP contribution in [0.1, 0.15) is 18.4 Å². The third-order valence-electron chi connectivity index (χ3n) is 2.90. The summed E-state index contributed by atoms with van der Waals surface area (Å²) in [6.07, 6.45) is 2.84. The molecule has 1 aromatic carbocycles. The number of benzene rings is 1. The lowest BCUT2D eigenvalue weighted by Crippen LogP contribution is -2.31. The number of rotatable bonds is 5. The number of alkyl halides is 1. The van der Waals surface area contributed by atoms with Gasteiger partial charge in [0.1, 0.15) is 5.75 Å². The van der Waals surface area contributed by atoms with E-state index in [0.717, 1.165) is 11.5 Å². The minimum absolute atomic E-state index is 0.000648. The average molecular weight is 298 g/mol. The molecule has 1 unspecified atom stereocenters. The second-order valence-electron chi connectivity index (χ2n) is 4.50. The molecule has 17 heavy (non-hydrogen) atoms. The topological polar surface area (TPSA) is 49.3 Å². The second-order valence-corrected chi connectivity index (χ2v) is 5.68. The Balaban J connectivity index is 1.76. The van der Waals surface area contributed by atoms with Gasteiger partial charge in [-0.3, -0.25) is 4.79 Å². The van der Waals surface area contributed by atoms with Crippen LogP contribution in [0.5, 0.6) is 5.75 Å². The summed E-state index contributed by atoms with van der Waals surface area (Å²) in [4.78, 5) is 12.1. The minimum atomic E-state index is 0.000648. The number of phenols is 1. The molecule has 4 heteroatoms. The second kappa shape index (κ2) is 5.54. The van der Waals surface area contributed by atoms with Gasteiger partial charge in [0.2, 0.25) is 5.91 Å². The number of carbonyl (C=O) groups excluding carboxylic acids is 1. The Kier molecular flexibility index (Phi) is 4.05. The Labute approximate surface area is 109 Å². The summed E-state index contributed by atoms with van der Waals surface area (Å²) in [5, 5.41) is 12.2. The van der Waals surface area contributed by atoms with Gasteiger partial charge >= 0.3 is 0 Å². The summed E-state index contributed by atoms with van der Waals surface area (Å²) in [5.41, 5.74) is 0.833. The number of halogens is 1. The summed E-state index contributed by atoms with van der Waals surface area (Å²) in [6.45, 7) is 0.683. The van der Waals surface area contributed by atoms with Crippen molar-refractivity contribution in [3.63, 3.8) is 0 Å². The molecule has 2 N–H and O–H groups in total. The van der Waals surface area contributed by atoms with Gasteiger partial charge < -0.3 is 10.4 Å². The van der Waals surface area contributed by atoms with Crippen LogP contribution in [0, 0.1) is 5.92 Å². The fraction of sp³-hybridized carbons (Fsp3) is 0.462. The lowest BCUT2D eigenvalue weighted by Gasteiger charge is -2.10. The summed E-state index contributed by atoms with van der Waals surface area (Å²) >= 11 is 3.58. The minimum Gasteiger partial charge on any atom is -0.508 e. The lowest BCUT2D eigenvalue weighted by molar-refractivity contribution is -0.120. The Hall–Kier alpha value is -1.03. The molecule has 0 radical (unpaired) electrons. The Morgan fingerprint density at radius 2 is 2.29 bits per heavy atom. The summed E-state index contributed by atoms with van der Waals surface area (Å²) in [6, 6.07) is 6.80. The number of nitrogens with one attached hydrogen (secondary N) is 1. The first-order chi connectivity index (χ1) is 8.15. The van der Waals surface area contributed by atoms with Crippen LogP contribution in [0.2, 0.25) is 0 Å². The SMILES string of the molecule is O=C(Cc1cccc(O)c1)NCC(Br)C1CC1. The van der Waals surface area contributed by atoms with Crippen LogP contribution in [0.25, 0.3) is 0 Å². The third kappa shape index (κ3) is 4.04. The summed E-state index contributed by atoms with van der Waals surface area (Å²) < 4.78 is 0. The maximum absolute atomic E-state index is 11.7. The lowest BCUT2D eigenvalue weighted by atomic mass is 10.1. The maximum Gasteiger partial charge on any atom is 0.224 e. The molecule has 1 atom stereocenters. The molecule has 1 fully saturated rings. The van der Waals surface area contributed by atoms with Crippen molar-refractivity contribution in [1.29, 1.82) is 0 Å². The molecule has 0 spiro atoms. The summed E-state index contributed by atoms with van der Waals surface area (Å²) in [5.74, 6) is 0.934. The van der Waals surface area contributed by atoms with Gasteiger partial charge in [0.15, 0.2) is 0 Å². The van der Waals surface area contributed by atoms with Gasteiger partial charge in [-0.2, -0.15) is 0 Å². The first-order valence-corrected chi connectivity index (χ1v) is 6.75. The smallest absolute Gasteiger partial charge is 0.224 e. The fourth-order valence-corrected chi connectivity index (χ4v) is 2.44. The van der Waals surface area contributed by atoms with Gasteiger partial charge in [-0.05, 0) is 36.5 Å². The van der Waals surface area contributed by atoms with E-state index in [1.54, 1.807) is 18.2 Å². The van der Waals surface area contributed by atoms with Crippen LogP contribution in [0.15, 0.2) is 24.3 Å². The van der Waals surface area contributed by atoms with Gasteiger partial charge in [-0.15, -0.1) is 0 Å². The van der Waals surface area contributed by atoms with Crippen molar-refractivity contribution in [3.8, 4) is 5.75 Å². The van der Waals surface area contributed by atoms with E-state index in [-0.39, 0.29) is 11.7 Å². The highest BCUT2D eigenvalue weighted by Crippen LogP contribution is 2.36. The van der Waals surface area contributed by atoms with Crippen LogP contribution in [-0.2, 0) is 11.2 Å². The molecule has 0 heterocycles. The zero-order valence-corrected chi connectivity index (χ0v) is 11.1. The highest BCUT2D eigenvalue weighted by molar-refractivity contribution is 9.09. The van der Waals surface area contributed by atoms with Crippen LogP contribution < -0.4 is 5.32 Å². The van der Waals surface area contributed by atoms with Crippen molar-refractivity contribution in [1.82, 2.24) is 5.32 Å². The standard InChI is InChI=1S/C13H16BrNO2/c14-12(10-4-5-10)8-15-13(17)7-9-2-1-3-11(16)6-9/h1-3,6,10,12,16H,4-5,7-8H2,(H,15,17). The Morgan fingerprint density at radius 3 is 2.94 bits per heavy atom. The molecule has 0 aliphatic heterocycles. The van der Waals surface area contributed by atoms with Crippen LogP contribution >= 0.6 is 15.9 Å². The van der Waals surface area contributed by atoms with E-state index in [9.17, 15) is 9.90 Å². The Morgan fingerprint density at radius 1 is 1.53 bits per heavy atom. The van der Waals surface area contributed by atoms with E-state index in [1.165, 1.54) is 12.8 Å². The molecular weight excluding hydrogens is 282 g/mol. The van der Waals surface area contributed by atoms with Gasteiger partial charge in [0.25, 0.3) is 0 Å². The highest BCUT2D eigenvalue weighted by Gasteiger charge is 2.29. The molecule has 1 aliphatic rings. The quantitative estimate of drug-likeness (QED) is 0.819. The van der Waals surface area contributed by atoms with Crippen LogP contribution in [-0.4, -0.2) is 22.4 Å². The predicted molar refractivity (Wildman–Crippen MR) is 70.3 cm³/mol. The van der Waals surface area contributed by atoms with Crippen LogP contribution in [0.3, 0.4) is 0 Å². The fourth-order valence-electron chi connectivity index (χ4n) is 1.75. The van der Waals surface area contributed by atoms with E-state index in [2.05, 4.69) is 21.2 Å². The van der Waals surface area contributed by atoms with E-state index in [4.69, 9.17) is 0 Å². The van der Waals surface area contributed by atoms with Crippen LogP contribution in [0.4, 0.5) is 0 Å². The van der Waals surface area contributed by atoms with Gasteiger partial charge in [0.05, 0.1) is 6.42 Å². The van der Waals surface area contributed by atoms with Crippen molar-refractivity contribution in [3.05, 3.63) is 29.8 Å². The van der Waals surface area contributed by atoms with E-state index >= 15 is 0 Å². The zero-order chi connectivity index (χ0) is 12.3. The molecule has 1 saturated carbocycles. The number of carbonyl (C=O) groups is 1.